The number of aromatic nitrogens is 2. The number of benzene rings is 2. The van der Waals surface area contributed by atoms with Crippen molar-refractivity contribution in [3.63, 3.8) is 0 Å². The van der Waals surface area contributed by atoms with Crippen LogP contribution in [-0.2, 0) is 12.8 Å². The van der Waals surface area contributed by atoms with Crippen molar-refractivity contribution < 1.29 is 14.7 Å². The molecular weight excluding hydrogens is 316 g/mol. The molecule has 5 nitrogen and oxygen atoms in total. The van der Waals surface area contributed by atoms with Crippen LogP contribution in [0.1, 0.15) is 17.7 Å². The average Bonchev–Trinajstić information content (AvgIpc) is 2.86. The summed E-state index contributed by atoms with van der Waals surface area (Å²) in [7, 11) is 0. The average molecular weight is 334 g/mol. The minimum Gasteiger partial charge on any atom is -0.486 e. The molecule has 0 amide bonds. The molecule has 25 heavy (non-hydrogen) atoms. The van der Waals surface area contributed by atoms with Crippen molar-refractivity contribution in [1.82, 2.24) is 9.71 Å². The summed E-state index contributed by atoms with van der Waals surface area (Å²) in [5.74, 6) is 1.97. The van der Waals surface area contributed by atoms with E-state index >= 15 is 0 Å². The second kappa shape index (κ2) is 5.55. The molecule has 5 heteroatoms. The van der Waals surface area contributed by atoms with Gasteiger partial charge in [0.25, 0.3) is 0 Å². The van der Waals surface area contributed by atoms with E-state index in [1.165, 1.54) is 10.3 Å². The van der Waals surface area contributed by atoms with Gasteiger partial charge in [0.15, 0.2) is 17.3 Å². The van der Waals surface area contributed by atoms with Gasteiger partial charge in [-0.25, -0.2) is 4.98 Å². The molecule has 0 atom stereocenters. The SMILES string of the molecule is On1c(-c2ccc3c(c2)OCCO3)nc2c1-c1ccccc1CCC2. The highest BCUT2D eigenvalue weighted by molar-refractivity contribution is 5.72. The summed E-state index contributed by atoms with van der Waals surface area (Å²) >= 11 is 0. The quantitative estimate of drug-likeness (QED) is 0.689. The Kier molecular flexibility index (Phi) is 3.20. The lowest BCUT2D eigenvalue weighted by atomic mass is 10.0. The molecule has 1 aliphatic heterocycles. The number of hydrogen-bond donors (Lipinski definition) is 1. The third-order valence-electron chi connectivity index (χ3n) is 4.86. The van der Waals surface area contributed by atoms with E-state index in [-0.39, 0.29) is 0 Å². The van der Waals surface area contributed by atoms with E-state index in [4.69, 9.17) is 14.5 Å². The van der Waals surface area contributed by atoms with Gasteiger partial charge in [0.05, 0.1) is 5.69 Å². The van der Waals surface area contributed by atoms with Crippen LogP contribution >= 0.6 is 0 Å². The summed E-state index contributed by atoms with van der Waals surface area (Å²) in [5.41, 5.74) is 4.88. The fourth-order valence-corrected chi connectivity index (χ4v) is 3.69. The van der Waals surface area contributed by atoms with E-state index in [2.05, 4.69) is 12.1 Å². The van der Waals surface area contributed by atoms with Gasteiger partial charge >= 0.3 is 0 Å². The first-order valence-corrected chi connectivity index (χ1v) is 8.60. The van der Waals surface area contributed by atoms with Crippen LogP contribution in [0.15, 0.2) is 42.5 Å². The van der Waals surface area contributed by atoms with Crippen molar-refractivity contribution >= 4 is 0 Å². The molecule has 0 spiro atoms. The van der Waals surface area contributed by atoms with Gasteiger partial charge in [0, 0.05) is 11.1 Å². The summed E-state index contributed by atoms with van der Waals surface area (Å²) in [6.45, 7) is 1.10. The monoisotopic (exact) mass is 334 g/mol. The minimum absolute atomic E-state index is 0.536. The Bertz CT molecular complexity index is 962. The largest absolute Gasteiger partial charge is 0.486 e. The molecular formula is C20H18N2O3. The molecule has 2 aliphatic rings. The number of hydrogen-bond acceptors (Lipinski definition) is 4. The Morgan fingerprint density at radius 3 is 2.72 bits per heavy atom. The van der Waals surface area contributed by atoms with Gasteiger partial charge in [0.1, 0.15) is 18.9 Å². The summed E-state index contributed by atoms with van der Waals surface area (Å²) in [5, 5.41) is 10.9. The molecule has 1 N–H and O–H groups in total. The van der Waals surface area contributed by atoms with E-state index in [0.717, 1.165) is 47.5 Å². The van der Waals surface area contributed by atoms with Crippen LogP contribution in [0.4, 0.5) is 0 Å². The zero-order valence-electron chi connectivity index (χ0n) is 13.7. The summed E-state index contributed by atoms with van der Waals surface area (Å²) < 4.78 is 12.5. The van der Waals surface area contributed by atoms with Crippen molar-refractivity contribution in [2.24, 2.45) is 0 Å². The molecule has 0 saturated carbocycles. The lowest BCUT2D eigenvalue weighted by molar-refractivity contribution is 0.171. The van der Waals surface area contributed by atoms with Crippen LogP contribution in [-0.4, -0.2) is 28.1 Å². The highest BCUT2D eigenvalue weighted by Gasteiger charge is 2.24. The van der Waals surface area contributed by atoms with Crippen LogP contribution < -0.4 is 9.47 Å². The van der Waals surface area contributed by atoms with Crippen LogP contribution in [0.25, 0.3) is 22.6 Å². The Morgan fingerprint density at radius 1 is 0.960 bits per heavy atom. The van der Waals surface area contributed by atoms with E-state index in [9.17, 15) is 5.21 Å². The Labute approximate surface area is 145 Å². The van der Waals surface area contributed by atoms with Gasteiger partial charge in [0.2, 0.25) is 0 Å². The first kappa shape index (κ1) is 14.4. The molecule has 3 aromatic rings. The summed E-state index contributed by atoms with van der Waals surface area (Å²) in [6.07, 6.45) is 2.89. The van der Waals surface area contributed by atoms with Crippen LogP contribution in [0.3, 0.4) is 0 Å². The molecule has 1 aromatic heterocycles. The molecule has 0 fully saturated rings. The number of rotatable bonds is 1. The van der Waals surface area contributed by atoms with Crippen molar-refractivity contribution in [2.45, 2.75) is 19.3 Å². The van der Waals surface area contributed by atoms with Gasteiger partial charge in [-0.05, 0) is 43.0 Å². The van der Waals surface area contributed by atoms with Crippen molar-refractivity contribution in [2.75, 3.05) is 13.2 Å². The van der Waals surface area contributed by atoms with Gasteiger partial charge in [-0.1, -0.05) is 24.3 Å². The first-order chi connectivity index (χ1) is 12.3. The van der Waals surface area contributed by atoms with Crippen molar-refractivity contribution in [3.05, 3.63) is 53.7 Å². The van der Waals surface area contributed by atoms with Crippen LogP contribution in [0.2, 0.25) is 0 Å². The summed E-state index contributed by atoms with van der Waals surface area (Å²) in [4.78, 5) is 4.74. The zero-order chi connectivity index (χ0) is 16.8. The number of ether oxygens (including phenoxy) is 2. The number of aryl methyl sites for hydroxylation is 2. The molecule has 2 heterocycles. The smallest absolute Gasteiger partial charge is 0.176 e. The second-order valence-corrected chi connectivity index (χ2v) is 6.41. The van der Waals surface area contributed by atoms with Crippen LogP contribution in [0.5, 0.6) is 11.5 Å². The third-order valence-corrected chi connectivity index (χ3v) is 4.86. The van der Waals surface area contributed by atoms with Gasteiger partial charge in [-0.3, -0.25) is 0 Å². The molecule has 0 bridgehead atoms. The maximum Gasteiger partial charge on any atom is 0.176 e. The standard InChI is InChI=1S/C20H18N2O3/c23-22-19-15-6-2-1-4-13(15)5-3-7-16(19)21-20(22)14-8-9-17-18(12-14)25-11-10-24-17/h1-2,4,6,8-9,12,23H,3,5,7,10-11H2. The van der Waals surface area contributed by atoms with Gasteiger partial charge in [-0.2, -0.15) is 4.73 Å². The molecule has 2 aromatic carbocycles. The topological polar surface area (TPSA) is 56.5 Å². The molecule has 1 aliphatic carbocycles. The minimum atomic E-state index is 0.536. The fraction of sp³-hybridized carbons (Fsp3) is 0.250. The van der Waals surface area contributed by atoms with Crippen LogP contribution in [0, 0.1) is 0 Å². The highest BCUT2D eigenvalue weighted by Crippen LogP contribution is 2.38. The number of fused-ring (bicyclic) bond motifs is 4. The van der Waals surface area contributed by atoms with Crippen molar-refractivity contribution in [1.29, 1.82) is 0 Å². The van der Waals surface area contributed by atoms with Crippen molar-refractivity contribution in [3.8, 4) is 34.1 Å². The van der Waals surface area contributed by atoms with Gasteiger partial charge in [-0.15, -0.1) is 0 Å². The highest BCUT2D eigenvalue weighted by atomic mass is 16.6. The lowest BCUT2D eigenvalue weighted by Crippen LogP contribution is -2.15. The van der Waals surface area contributed by atoms with Gasteiger partial charge < -0.3 is 14.7 Å². The predicted octanol–water partition coefficient (Wildman–Crippen LogP) is 3.71. The van der Waals surface area contributed by atoms with E-state index in [1.807, 2.05) is 30.3 Å². The maximum absolute atomic E-state index is 10.9. The molecule has 0 saturated heterocycles. The summed E-state index contributed by atoms with van der Waals surface area (Å²) in [6, 6.07) is 13.9. The Morgan fingerprint density at radius 2 is 1.80 bits per heavy atom. The maximum atomic E-state index is 10.9. The molecule has 5 rings (SSSR count). The number of imidazole rings is 1. The Hall–Kier alpha value is -2.95. The zero-order valence-corrected chi connectivity index (χ0v) is 13.7. The second-order valence-electron chi connectivity index (χ2n) is 6.41. The molecule has 126 valence electrons. The van der Waals surface area contributed by atoms with E-state index < -0.39 is 0 Å². The van der Waals surface area contributed by atoms with E-state index in [1.54, 1.807) is 0 Å². The van der Waals surface area contributed by atoms with E-state index in [0.29, 0.717) is 24.8 Å². The fourth-order valence-electron chi connectivity index (χ4n) is 3.69. The lowest BCUT2D eigenvalue weighted by Gasteiger charge is -2.18. The molecule has 0 radical (unpaired) electrons. The predicted molar refractivity (Wildman–Crippen MR) is 93.3 cm³/mol. The number of nitrogens with zero attached hydrogens (tertiary/aromatic N) is 2. The first-order valence-electron chi connectivity index (χ1n) is 8.60. The Balaban J connectivity index is 1.67. The molecule has 0 unspecified atom stereocenters. The third kappa shape index (κ3) is 2.27. The normalized spacial score (nSPS) is 15.2.